The molecule has 0 aliphatic carbocycles. The molecular weight excluding hydrogens is 277 g/mol. The summed E-state index contributed by atoms with van der Waals surface area (Å²) in [5, 5.41) is 11.5. The Kier molecular flexibility index (Phi) is 5.20. The molecule has 0 fully saturated rings. The highest BCUT2D eigenvalue weighted by Crippen LogP contribution is 2.25. The molecule has 112 valence electrons. The predicted molar refractivity (Wildman–Crippen MR) is 65.9 cm³/mol. The molecular formula is C12H15F3N2O3. The Morgan fingerprint density at radius 1 is 1.25 bits per heavy atom. The number of ether oxygens (including phenoxy) is 2. The third-order valence-corrected chi connectivity index (χ3v) is 2.46. The molecule has 8 heteroatoms. The maximum absolute atomic E-state index is 11.8. The van der Waals surface area contributed by atoms with Gasteiger partial charge in [0.1, 0.15) is 12.4 Å². The normalized spacial score (nSPS) is 12.6. The highest BCUT2D eigenvalue weighted by Gasteiger charge is 2.28. The van der Waals surface area contributed by atoms with E-state index in [1.807, 2.05) is 0 Å². The van der Waals surface area contributed by atoms with Gasteiger partial charge < -0.3 is 15.7 Å². The summed E-state index contributed by atoms with van der Waals surface area (Å²) in [6.07, 6.45) is -4.66. The molecule has 20 heavy (non-hydrogen) atoms. The van der Waals surface area contributed by atoms with E-state index in [1.54, 1.807) is 26.0 Å². The number of nitrogens with zero attached hydrogens (tertiary/aromatic N) is 1. The van der Waals surface area contributed by atoms with E-state index in [0.29, 0.717) is 22.4 Å². The van der Waals surface area contributed by atoms with E-state index >= 15 is 0 Å². The molecule has 1 aromatic rings. The number of halogens is 3. The lowest BCUT2D eigenvalue weighted by Crippen LogP contribution is -2.19. The first-order chi connectivity index (χ1) is 9.24. The van der Waals surface area contributed by atoms with Gasteiger partial charge in [-0.1, -0.05) is 5.16 Å². The molecule has 0 bridgehead atoms. The smallest absolute Gasteiger partial charge is 0.491 e. The monoisotopic (exact) mass is 292 g/mol. The molecule has 0 unspecified atom stereocenters. The molecule has 0 atom stereocenters. The number of aryl methyl sites for hydroxylation is 2. The van der Waals surface area contributed by atoms with Gasteiger partial charge >= 0.3 is 6.36 Å². The summed E-state index contributed by atoms with van der Waals surface area (Å²) in [6, 6.07) is 3.23. The number of oxime groups is 1. The molecule has 0 saturated heterocycles. The van der Waals surface area contributed by atoms with Crippen LogP contribution in [0.25, 0.3) is 0 Å². The lowest BCUT2D eigenvalue weighted by atomic mass is 10.1. The minimum absolute atomic E-state index is 0.0526. The summed E-state index contributed by atoms with van der Waals surface area (Å²) in [7, 11) is 0. The maximum Gasteiger partial charge on any atom is 0.522 e. The number of hydrogen-bond donors (Lipinski definition) is 2. The van der Waals surface area contributed by atoms with Gasteiger partial charge in [0.2, 0.25) is 0 Å². The van der Waals surface area contributed by atoms with Gasteiger partial charge in [-0.2, -0.15) is 0 Å². The summed E-state index contributed by atoms with van der Waals surface area (Å²) >= 11 is 0. The van der Waals surface area contributed by atoms with Crippen molar-refractivity contribution < 1.29 is 27.9 Å². The van der Waals surface area contributed by atoms with Crippen molar-refractivity contribution in [3.8, 4) is 5.75 Å². The number of amidine groups is 1. The van der Waals surface area contributed by atoms with E-state index in [-0.39, 0.29) is 12.4 Å². The topological polar surface area (TPSA) is 77.1 Å². The maximum atomic E-state index is 11.8. The van der Waals surface area contributed by atoms with E-state index in [1.165, 1.54) is 0 Å². The van der Waals surface area contributed by atoms with Crippen molar-refractivity contribution in [2.75, 3.05) is 13.2 Å². The minimum atomic E-state index is -4.66. The Morgan fingerprint density at radius 3 is 2.25 bits per heavy atom. The van der Waals surface area contributed by atoms with Crippen LogP contribution in [-0.2, 0) is 4.74 Å². The van der Waals surface area contributed by atoms with Gasteiger partial charge in [0.25, 0.3) is 0 Å². The van der Waals surface area contributed by atoms with Crippen molar-refractivity contribution >= 4 is 5.84 Å². The van der Waals surface area contributed by atoms with Gasteiger partial charge in [0.05, 0.1) is 6.61 Å². The number of nitrogens with two attached hydrogens (primary N) is 1. The lowest BCUT2D eigenvalue weighted by Gasteiger charge is -2.14. The summed E-state index contributed by atoms with van der Waals surface area (Å²) < 4.78 is 44.3. The summed E-state index contributed by atoms with van der Waals surface area (Å²) in [5.74, 6) is 0.397. The van der Waals surface area contributed by atoms with Crippen molar-refractivity contribution in [2.24, 2.45) is 10.9 Å². The van der Waals surface area contributed by atoms with Crippen LogP contribution in [0.1, 0.15) is 16.7 Å². The fourth-order valence-corrected chi connectivity index (χ4v) is 1.68. The number of rotatable bonds is 5. The van der Waals surface area contributed by atoms with E-state index in [4.69, 9.17) is 15.7 Å². The van der Waals surface area contributed by atoms with E-state index in [2.05, 4.69) is 9.89 Å². The molecule has 0 aliphatic heterocycles. The van der Waals surface area contributed by atoms with Crippen LogP contribution in [0.2, 0.25) is 0 Å². The second-order valence-electron chi connectivity index (χ2n) is 4.07. The van der Waals surface area contributed by atoms with Crippen LogP contribution in [0.3, 0.4) is 0 Å². The molecule has 3 N–H and O–H groups in total. The zero-order valence-electron chi connectivity index (χ0n) is 11.0. The molecule has 0 saturated carbocycles. The Labute approximate surface area is 113 Å². The average Bonchev–Trinajstić information content (AvgIpc) is 2.34. The summed E-state index contributed by atoms with van der Waals surface area (Å²) in [6.45, 7) is 2.59. The van der Waals surface area contributed by atoms with Gasteiger partial charge in [0.15, 0.2) is 5.84 Å². The zero-order valence-corrected chi connectivity index (χ0v) is 11.0. The molecule has 0 amide bonds. The SMILES string of the molecule is Cc1cc(C(N)=NO)cc(C)c1OCCOC(F)(F)F. The fourth-order valence-electron chi connectivity index (χ4n) is 1.68. The van der Waals surface area contributed by atoms with Gasteiger partial charge in [0, 0.05) is 5.56 Å². The molecule has 0 aromatic heterocycles. The Balaban J connectivity index is 2.72. The Hall–Kier alpha value is -1.96. The van der Waals surface area contributed by atoms with Crippen molar-refractivity contribution in [2.45, 2.75) is 20.2 Å². The predicted octanol–water partition coefficient (Wildman–Crippen LogP) is 2.31. The molecule has 1 rings (SSSR count). The van der Waals surface area contributed by atoms with Gasteiger partial charge in [-0.05, 0) is 37.1 Å². The highest BCUT2D eigenvalue weighted by atomic mass is 19.4. The molecule has 5 nitrogen and oxygen atoms in total. The molecule has 0 radical (unpaired) electrons. The van der Waals surface area contributed by atoms with E-state index in [9.17, 15) is 13.2 Å². The Bertz CT molecular complexity index is 478. The largest absolute Gasteiger partial charge is 0.522 e. The van der Waals surface area contributed by atoms with Crippen LogP contribution in [-0.4, -0.2) is 30.6 Å². The van der Waals surface area contributed by atoms with Gasteiger partial charge in [-0.3, -0.25) is 4.74 Å². The molecule has 0 heterocycles. The van der Waals surface area contributed by atoms with Crippen LogP contribution < -0.4 is 10.5 Å². The van der Waals surface area contributed by atoms with E-state index < -0.39 is 13.0 Å². The quantitative estimate of drug-likeness (QED) is 0.287. The van der Waals surface area contributed by atoms with Crippen molar-refractivity contribution in [3.05, 3.63) is 28.8 Å². The number of hydrogen-bond acceptors (Lipinski definition) is 4. The van der Waals surface area contributed by atoms with Crippen molar-refractivity contribution in [1.82, 2.24) is 0 Å². The minimum Gasteiger partial charge on any atom is -0.491 e. The van der Waals surface area contributed by atoms with Crippen LogP contribution >= 0.6 is 0 Å². The highest BCUT2D eigenvalue weighted by molar-refractivity contribution is 5.97. The van der Waals surface area contributed by atoms with Crippen molar-refractivity contribution in [1.29, 1.82) is 0 Å². The number of alkyl halides is 3. The third-order valence-electron chi connectivity index (χ3n) is 2.46. The first-order valence-corrected chi connectivity index (χ1v) is 5.67. The Morgan fingerprint density at radius 2 is 1.80 bits per heavy atom. The zero-order chi connectivity index (χ0) is 15.3. The first-order valence-electron chi connectivity index (χ1n) is 5.67. The second-order valence-corrected chi connectivity index (χ2v) is 4.07. The fraction of sp³-hybridized carbons (Fsp3) is 0.417. The summed E-state index contributed by atoms with van der Waals surface area (Å²) in [5.41, 5.74) is 7.30. The standard InChI is InChI=1S/C12H15F3N2O3/c1-7-5-9(11(16)17-18)6-8(2)10(7)19-3-4-20-12(13,14)15/h5-6,18H,3-4H2,1-2H3,(H2,16,17). The third kappa shape index (κ3) is 4.61. The molecule has 0 aliphatic rings. The first kappa shape index (κ1) is 16.1. The average molecular weight is 292 g/mol. The van der Waals surface area contributed by atoms with Crippen LogP contribution in [0.4, 0.5) is 13.2 Å². The van der Waals surface area contributed by atoms with Crippen LogP contribution in [0, 0.1) is 13.8 Å². The van der Waals surface area contributed by atoms with Gasteiger partial charge in [-0.15, -0.1) is 13.2 Å². The van der Waals surface area contributed by atoms with Crippen LogP contribution in [0.15, 0.2) is 17.3 Å². The second kappa shape index (κ2) is 6.47. The van der Waals surface area contributed by atoms with Crippen LogP contribution in [0.5, 0.6) is 5.75 Å². The summed E-state index contributed by atoms with van der Waals surface area (Å²) in [4.78, 5) is 0. The van der Waals surface area contributed by atoms with E-state index in [0.717, 1.165) is 0 Å². The van der Waals surface area contributed by atoms with Crippen molar-refractivity contribution in [3.63, 3.8) is 0 Å². The van der Waals surface area contributed by atoms with Gasteiger partial charge in [-0.25, -0.2) is 0 Å². The lowest BCUT2D eigenvalue weighted by molar-refractivity contribution is -0.325. The number of benzene rings is 1. The molecule has 1 aromatic carbocycles. The molecule has 0 spiro atoms.